The van der Waals surface area contributed by atoms with Crippen molar-refractivity contribution in [2.45, 2.75) is 52.5 Å². The first-order valence-corrected chi connectivity index (χ1v) is 7.75. The normalized spacial score (nSPS) is 21.7. The third-order valence-corrected chi connectivity index (χ3v) is 4.08. The van der Waals surface area contributed by atoms with Crippen LogP contribution in [0.2, 0.25) is 5.28 Å². The van der Waals surface area contributed by atoms with Gasteiger partial charge in [0.2, 0.25) is 17.2 Å². The maximum absolute atomic E-state index is 9.83. The Morgan fingerprint density at radius 2 is 1.55 bits per heavy atom. The molecule has 120 valence electrons. The van der Waals surface area contributed by atoms with E-state index in [-0.39, 0.29) is 16.1 Å². The zero-order valence-corrected chi connectivity index (χ0v) is 14.5. The summed E-state index contributed by atoms with van der Waals surface area (Å²) in [6.07, 6.45) is 2.54. The first-order chi connectivity index (χ1) is 10.1. The Bertz CT molecular complexity index is 589. The van der Waals surface area contributed by atoms with Gasteiger partial charge in [0.1, 0.15) is 5.54 Å². The molecule has 0 radical (unpaired) electrons. The fourth-order valence-corrected chi connectivity index (χ4v) is 4.20. The molecule has 0 saturated heterocycles. The van der Waals surface area contributed by atoms with Gasteiger partial charge in [0.05, 0.1) is 6.07 Å². The van der Waals surface area contributed by atoms with Gasteiger partial charge in [-0.2, -0.15) is 20.2 Å². The van der Waals surface area contributed by atoms with Crippen molar-refractivity contribution in [3.63, 3.8) is 0 Å². The largest absolute Gasteiger partial charge is 0.357 e. The minimum atomic E-state index is -0.707. The highest BCUT2D eigenvalue weighted by Gasteiger charge is 2.48. The summed E-state index contributed by atoms with van der Waals surface area (Å²) < 4.78 is 0. The van der Waals surface area contributed by atoms with Crippen LogP contribution in [0.5, 0.6) is 0 Å². The van der Waals surface area contributed by atoms with Gasteiger partial charge < -0.3 is 10.6 Å². The van der Waals surface area contributed by atoms with Gasteiger partial charge in [0.25, 0.3) is 0 Å². The van der Waals surface area contributed by atoms with E-state index in [1.54, 1.807) is 7.05 Å². The molecule has 0 atom stereocenters. The molecule has 6 nitrogen and oxygen atoms in total. The molecule has 2 N–H and O–H groups in total. The second-order valence-electron chi connectivity index (χ2n) is 7.68. The highest BCUT2D eigenvalue weighted by Crippen LogP contribution is 2.50. The predicted molar refractivity (Wildman–Crippen MR) is 87.8 cm³/mol. The number of nitriles is 1. The first kappa shape index (κ1) is 16.8. The quantitative estimate of drug-likeness (QED) is 0.886. The standard InChI is InChI=1S/C15H23ClN6/c1-13(2)6-14(3,4)8-15(7-13,9-17)22-12-20-10(16)19-11(18-5)21-12/h6-8H2,1-5H3,(H2,18,19,20,21,22). The maximum Gasteiger partial charge on any atom is 0.230 e. The SMILES string of the molecule is CNc1nc(Cl)nc(NC2(C#N)CC(C)(C)CC(C)(C)C2)n1. The Hall–Kier alpha value is -1.61. The van der Waals surface area contributed by atoms with E-state index in [4.69, 9.17) is 11.6 Å². The molecule has 1 aromatic rings. The van der Waals surface area contributed by atoms with Crippen molar-refractivity contribution in [2.24, 2.45) is 10.8 Å². The van der Waals surface area contributed by atoms with E-state index in [9.17, 15) is 5.26 Å². The monoisotopic (exact) mass is 322 g/mol. The Morgan fingerprint density at radius 3 is 2.05 bits per heavy atom. The molecule has 2 rings (SSSR count). The van der Waals surface area contributed by atoms with Crippen molar-refractivity contribution in [3.05, 3.63) is 5.28 Å². The van der Waals surface area contributed by atoms with E-state index in [2.05, 4.69) is 59.3 Å². The van der Waals surface area contributed by atoms with E-state index in [0.717, 1.165) is 19.3 Å². The lowest BCUT2D eigenvalue weighted by molar-refractivity contribution is 0.0808. The van der Waals surface area contributed by atoms with Gasteiger partial charge in [0, 0.05) is 7.05 Å². The van der Waals surface area contributed by atoms with Gasteiger partial charge in [-0.1, -0.05) is 27.7 Å². The summed E-state index contributed by atoms with van der Waals surface area (Å²) in [4.78, 5) is 12.3. The van der Waals surface area contributed by atoms with Crippen LogP contribution in [0.4, 0.5) is 11.9 Å². The molecule has 1 aliphatic carbocycles. The lowest BCUT2D eigenvalue weighted by atomic mass is 9.59. The molecule has 0 amide bonds. The molecular weight excluding hydrogens is 300 g/mol. The first-order valence-electron chi connectivity index (χ1n) is 7.38. The van der Waals surface area contributed by atoms with E-state index >= 15 is 0 Å². The van der Waals surface area contributed by atoms with Crippen molar-refractivity contribution < 1.29 is 0 Å². The molecule has 0 bridgehead atoms. The van der Waals surface area contributed by atoms with Gasteiger partial charge in [-0.25, -0.2) is 0 Å². The van der Waals surface area contributed by atoms with Crippen molar-refractivity contribution in [1.82, 2.24) is 15.0 Å². The van der Waals surface area contributed by atoms with Crippen LogP contribution in [0, 0.1) is 22.2 Å². The van der Waals surface area contributed by atoms with Crippen molar-refractivity contribution in [3.8, 4) is 6.07 Å². The Balaban J connectivity index is 2.36. The molecule has 1 aromatic heterocycles. The second kappa shape index (κ2) is 5.54. The van der Waals surface area contributed by atoms with Crippen LogP contribution in [0.1, 0.15) is 47.0 Å². The smallest absolute Gasteiger partial charge is 0.230 e. The molecule has 0 aliphatic heterocycles. The number of anilines is 2. The highest BCUT2D eigenvalue weighted by atomic mass is 35.5. The van der Waals surface area contributed by atoms with Gasteiger partial charge in [-0.3, -0.25) is 0 Å². The van der Waals surface area contributed by atoms with Crippen molar-refractivity contribution in [2.75, 3.05) is 17.7 Å². The van der Waals surface area contributed by atoms with Crippen molar-refractivity contribution >= 4 is 23.5 Å². The van der Waals surface area contributed by atoms with Gasteiger partial charge >= 0.3 is 0 Å². The minimum Gasteiger partial charge on any atom is -0.357 e. The summed E-state index contributed by atoms with van der Waals surface area (Å²) in [6.45, 7) is 8.78. The molecule has 1 aliphatic rings. The lowest BCUT2D eigenvalue weighted by Gasteiger charge is -2.49. The Labute approximate surface area is 136 Å². The van der Waals surface area contributed by atoms with Crippen LogP contribution in [0.15, 0.2) is 0 Å². The zero-order chi connectivity index (χ0) is 16.6. The molecule has 1 saturated carbocycles. The molecule has 0 aromatic carbocycles. The fraction of sp³-hybridized carbons (Fsp3) is 0.733. The third kappa shape index (κ3) is 3.77. The molecule has 0 unspecified atom stereocenters. The molecule has 1 heterocycles. The Morgan fingerprint density at radius 1 is 1.00 bits per heavy atom. The number of aromatic nitrogens is 3. The summed E-state index contributed by atoms with van der Waals surface area (Å²) >= 11 is 5.92. The topological polar surface area (TPSA) is 86.5 Å². The van der Waals surface area contributed by atoms with Crippen LogP contribution in [-0.2, 0) is 0 Å². The Kier molecular flexibility index (Phi) is 4.22. The third-order valence-electron chi connectivity index (χ3n) is 3.91. The highest BCUT2D eigenvalue weighted by molar-refractivity contribution is 6.28. The van der Waals surface area contributed by atoms with E-state index in [1.807, 2.05) is 0 Å². The van der Waals surface area contributed by atoms with E-state index < -0.39 is 5.54 Å². The minimum absolute atomic E-state index is 0.0626. The molecule has 22 heavy (non-hydrogen) atoms. The van der Waals surface area contributed by atoms with Gasteiger partial charge in [-0.05, 0) is 41.7 Å². The van der Waals surface area contributed by atoms with Crippen molar-refractivity contribution in [1.29, 1.82) is 5.26 Å². The molecule has 7 heteroatoms. The van der Waals surface area contributed by atoms with Gasteiger partial charge in [-0.15, -0.1) is 0 Å². The molecule has 1 fully saturated rings. The van der Waals surface area contributed by atoms with Crippen LogP contribution >= 0.6 is 11.6 Å². The predicted octanol–water partition coefficient (Wildman–Crippen LogP) is 3.48. The van der Waals surface area contributed by atoms with E-state index in [0.29, 0.717) is 11.9 Å². The van der Waals surface area contributed by atoms with Gasteiger partial charge in [0.15, 0.2) is 0 Å². The number of nitrogens with zero attached hydrogens (tertiary/aromatic N) is 4. The van der Waals surface area contributed by atoms with E-state index in [1.165, 1.54) is 0 Å². The second-order valence-corrected chi connectivity index (χ2v) is 8.02. The zero-order valence-electron chi connectivity index (χ0n) is 13.8. The number of nitrogens with one attached hydrogen (secondary N) is 2. The average molecular weight is 323 g/mol. The van der Waals surface area contributed by atoms with Crippen LogP contribution in [0.3, 0.4) is 0 Å². The summed E-state index contributed by atoms with van der Waals surface area (Å²) in [7, 11) is 1.71. The molecule has 0 spiro atoms. The number of halogens is 1. The average Bonchev–Trinajstić information content (AvgIpc) is 2.34. The van der Waals surface area contributed by atoms with Crippen LogP contribution < -0.4 is 10.6 Å². The van der Waals surface area contributed by atoms with Crippen LogP contribution in [0.25, 0.3) is 0 Å². The summed E-state index contributed by atoms with van der Waals surface area (Å²) in [6, 6.07) is 2.46. The summed E-state index contributed by atoms with van der Waals surface area (Å²) in [5.41, 5.74) is -0.582. The summed E-state index contributed by atoms with van der Waals surface area (Å²) in [5.74, 6) is 0.712. The maximum atomic E-state index is 9.83. The number of rotatable bonds is 3. The summed E-state index contributed by atoms with van der Waals surface area (Å²) in [5, 5.41) is 16.0. The molecular formula is C15H23ClN6. The number of hydrogen-bond donors (Lipinski definition) is 2. The fourth-order valence-electron chi connectivity index (χ4n) is 4.04. The van der Waals surface area contributed by atoms with Crippen LogP contribution in [-0.4, -0.2) is 27.5 Å². The lowest BCUT2D eigenvalue weighted by Crippen LogP contribution is -2.50. The number of hydrogen-bond acceptors (Lipinski definition) is 6.